The average Bonchev–Trinajstić information content (AvgIpc) is 2.37. The molecule has 0 spiro atoms. The van der Waals surface area contributed by atoms with Crippen molar-refractivity contribution in [3.8, 4) is 0 Å². The van der Waals surface area contributed by atoms with Crippen LogP contribution in [0.15, 0.2) is 5.16 Å². The first-order valence-corrected chi connectivity index (χ1v) is 4.28. The van der Waals surface area contributed by atoms with Crippen molar-refractivity contribution < 1.29 is 15.1 Å². The second-order valence-electron chi connectivity index (χ2n) is 3.30. The van der Waals surface area contributed by atoms with Gasteiger partial charge >= 0.3 is 5.97 Å². The number of aromatic carboxylic acids is 1. The molecule has 0 amide bonds. The number of nitrogens with zero attached hydrogens (tertiary/aromatic N) is 2. The Hall–Kier alpha value is -1.98. The van der Waals surface area contributed by atoms with Crippen molar-refractivity contribution in [2.45, 2.75) is 13.8 Å². The average molecular weight is 211 g/mol. The fraction of sp³-hybridized carbons (Fsp3) is 0.333. The van der Waals surface area contributed by atoms with Crippen LogP contribution in [0.25, 0.3) is 0 Å². The summed E-state index contributed by atoms with van der Waals surface area (Å²) in [5, 5.41) is 20.4. The largest absolute Gasteiger partial charge is 0.477 e. The van der Waals surface area contributed by atoms with Gasteiger partial charge in [-0.05, 0) is 25.0 Å². The Morgan fingerprint density at radius 2 is 1.80 bits per heavy atom. The van der Waals surface area contributed by atoms with E-state index in [0.29, 0.717) is 16.8 Å². The number of hydrogen-bond donors (Lipinski definition) is 3. The van der Waals surface area contributed by atoms with E-state index in [-0.39, 0.29) is 11.5 Å². The second kappa shape index (κ2) is 3.64. The van der Waals surface area contributed by atoms with Crippen LogP contribution in [0.2, 0.25) is 0 Å². The molecule has 0 atom stereocenters. The minimum atomic E-state index is -1.03. The summed E-state index contributed by atoms with van der Waals surface area (Å²) in [7, 11) is 1.57. The lowest BCUT2D eigenvalue weighted by molar-refractivity contribution is 0.0685. The van der Waals surface area contributed by atoms with Crippen LogP contribution in [0.3, 0.4) is 0 Å². The highest BCUT2D eigenvalue weighted by atomic mass is 16.4. The Bertz CT molecular complexity index is 446. The Kier molecular flexibility index (Phi) is 2.69. The maximum atomic E-state index is 11.0. The molecule has 82 valence electrons. The normalized spacial score (nSPS) is 11.8. The number of carboxylic acid groups (broad SMARTS) is 1. The summed E-state index contributed by atoms with van der Waals surface area (Å²) in [6, 6.07) is 0. The van der Waals surface area contributed by atoms with Crippen LogP contribution in [0.5, 0.6) is 0 Å². The first kappa shape index (κ1) is 11.1. The maximum absolute atomic E-state index is 11.0. The molecule has 0 aliphatic heterocycles. The molecule has 1 rings (SSSR count). The van der Waals surface area contributed by atoms with Gasteiger partial charge in [-0.2, -0.15) is 0 Å². The van der Waals surface area contributed by atoms with E-state index in [1.165, 1.54) is 4.57 Å². The molecule has 0 radical (unpaired) electrons. The molecule has 4 N–H and O–H groups in total. The Morgan fingerprint density at radius 1 is 1.33 bits per heavy atom. The van der Waals surface area contributed by atoms with Crippen LogP contribution in [-0.4, -0.2) is 26.7 Å². The van der Waals surface area contributed by atoms with Gasteiger partial charge in [0.15, 0.2) is 5.84 Å². The summed E-state index contributed by atoms with van der Waals surface area (Å²) in [6.07, 6.45) is 0. The van der Waals surface area contributed by atoms with E-state index in [2.05, 4.69) is 5.16 Å². The number of amidine groups is 1. The van der Waals surface area contributed by atoms with Crippen LogP contribution in [0, 0.1) is 13.8 Å². The van der Waals surface area contributed by atoms with E-state index < -0.39 is 5.97 Å². The third kappa shape index (κ3) is 1.54. The van der Waals surface area contributed by atoms with Gasteiger partial charge in [-0.15, -0.1) is 0 Å². The molecule has 6 heteroatoms. The van der Waals surface area contributed by atoms with Gasteiger partial charge in [-0.25, -0.2) is 4.79 Å². The fourth-order valence-electron chi connectivity index (χ4n) is 1.69. The lowest BCUT2D eigenvalue weighted by atomic mass is 10.1. The number of rotatable bonds is 2. The SMILES string of the molecule is Cc1c(C)c(/C(N)=N\O)n(C)c1C(=O)O. The monoisotopic (exact) mass is 211 g/mol. The van der Waals surface area contributed by atoms with Gasteiger partial charge in [0.2, 0.25) is 0 Å². The second-order valence-corrected chi connectivity index (χ2v) is 3.30. The van der Waals surface area contributed by atoms with Gasteiger partial charge < -0.3 is 20.6 Å². The van der Waals surface area contributed by atoms with E-state index in [4.69, 9.17) is 16.0 Å². The van der Waals surface area contributed by atoms with Gasteiger partial charge in [-0.3, -0.25) is 0 Å². The van der Waals surface area contributed by atoms with Crippen LogP contribution < -0.4 is 5.73 Å². The standard InChI is InChI=1S/C9H13N3O3/c1-4-5(2)7(9(13)14)12(3)6(4)8(10)11-15/h15H,1-3H3,(H2,10,11)(H,13,14). The van der Waals surface area contributed by atoms with E-state index in [1.54, 1.807) is 20.9 Å². The number of nitrogens with two attached hydrogens (primary N) is 1. The van der Waals surface area contributed by atoms with Crippen LogP contribution in [0.4, 0.5) is 0 Å². The molecular formula is C9H13N3O3. The molecular weight excluding hydrogens is 198 g/mol. The first-order valence-electron chi connectivity index (χ1n) is 4.28. The predicted octanol–water partition coefficient (Wildman–Crippen LogP) is 0.435. The van der Waals surface area contributed by atoms with Crippen molar-refractivity contribution in [1.82, 2.24) is 4.57 Å². The number of hydrogen-bond acceptors (Lipinski definition) is 3. The molecule has 1 heterocycles. The zero-order chi connectivity index (χ0) is 11.7. The van der Waals surface area contributed by atoms with Gasteiger partial charge in [0.05, 0.1) is 5.69 Å². The molecule has 15 heavy (non-hydrogen) atoms. The first-order chi connectivity index (χ1) is 6.91. The van der Waals surface area contributed by atoms with Crippen molar-refractivity contribution in [3.05, 3.63) is 22.5 Å². The molecule has 0 fully saturated rings. The van der Waals surface area contributed by atoms with Crippen molar-refractivity contribution in [1.29, 1.82) is 0 Å². The number of carboxylic acids is 1. The lowest BCUT2D eigenvalue weighted by Crippen LogP contribution is -2.19. The highest BCUT2D eigenvalue weighted by Crippen LogP contribution is 2.20. The third-order valence-electron chi connectivity index (χ3n) is 2.50. The van der Waals surface area contributed by atoms with Gasteiger partial charge in [-0.1, -0.05) is 5.16 Å². The Labute approximate surface area is 86.6 Å². The van der Waals surface area contributed by atoms with Gasteiger partial charge in [0.1, 0.15) is 5.69 Å². The quantitative estimate of drug-likeness (QED) is 0.286. The van der Waals surface area contributed by atoms with Crippen LogP contribution in [0.1, 0.15) is 27.3 Å². The summed E-state index contributed by atoms with van der Waals surface area (Å²) in [6.45, 7) is 3.42. The summed E-state index contributed by atoms with van der Waals surface area (Å²) < 4.78 is 1.40. The minimum absolute atomic E-state index is 0.0920. The smallest absolute Gasteiger partial charge is 0.352 e. The van der Waals surface area contributed by atoms with E-state index in [9.17, 15) is 4.79 Å². The van der Waals surface area contributed by atoms with Crippen molar-refractivity contribution in [2.75, 3.05) is 0 Å². The van der Waals surface area contributed by atoms with E-state index >= 15 is 0 Å². The van der Waals surface area contributed by atoms with E-state index in [1.807, 2.05) is 0 Å². The number of aromatic nitrogens is 1. The molecule has 1 aromatic heterocycles. The molecule has 0 bridgehead atoms. The number of oxime groups is 1. The molecule has 0 unspecified atom stereocenters. The zero-order valence-electron chi connectivity index (χ0n) is 8.77. The molecule has 0 aromatic carbocycles. The summed E-state index contributed by atoms with van der Waals surface area (Å²) in [4.78, 5) is 11.0. The van der Waals surface area contributed by atoms with Crippen molar-refractivity contribution >= 4 is 11.8 Å². The van der Waals surface area contributed by atoms with Crippen molar-refractivity contribution in [3.63, 3.8) is 0 Å². The summed E-state index contributed by atoms with van der Waals surface area (Å²) >= 11 is 0. The fourth-order valence-corrected chi connectivity index (χ4v) is 1.69. The Morgan fingerprint density at radius 3 is 2.13 bits per heavy atom. The maximum Gasteiger partial charge on any atom is 0.352 e. The Balaban J connectivity index is 3.57. The highest BCUT2D eigenvalue weighted by Gasteiger charge is 2.21. The summed E-state index contributed by atoms with van der Waals surface area (Å²) in [5.41, 5.74) is 7.35. The molecule has 0 saturated heterocycles. The van der Waals surface area contributed by atoms with Crippen molar-refractivity contribution in [2.24, 2.45) is 17.9 Å². The van der Waals surface area contributed by atoms with Gasteiger partial charge in [0.25, 0.3) is 0 Å². The molecule has 1 aromatic rings. The highest BCUT2D eigenvalue weighted by molar-refractivity contribution is 6.00. The van der Waals surface area contributed by atoms with Crippen LogP contribution >= 0.6 is 0 Å². The molecule has 0 aliphatic rings. The van der Waals surface area contributed by atoms with Crippen LogP contribution in [-0.2, 0) is 7.05 Å². The zero-order valence-corrected chi connectivity index (χ0v) is 8.77. The molecule has 0 aliphatic carbocycles. The van der Waals surface area contributed by atoms with Gasteiger partial charge in [0, 0.05) is 7.05 Å². The molecule has 6 nitrogen and oxygen atoms in total. The third-order valence-corrected chi connectivity index (χ3v) is 2.50. The molecule has 0 saturated carbocycles. The topological polar surface area (TPSA) is 101 Å². The number of carbonyl (C=O) groups is 1. The lowest BCUT2D eigenvalue weighted by Gasteiger charge is -2.03. The summed E-state index contributed by atoms with van der Waals surface area (Å²) in [5.74, 6) is -1.12. The van der Waals surface area contributed by atoms with E-state index in [0.717, 1.165) is 0 Å². The predicted molar refractivity (Wildman–Crippen MR) is 54.4 cm³/mol. The minimum Gasteiger partial charge on any atom is -0.477 e.